The average molecular weight is 405 g/mol. The lowest BCUT2D eigenvalue weighted by Gasteiger charge is -2.38. The topological polar surface area (TPSA) is 26.3 Å². The molecule has 0 bridgehead atoms. The Bertz CT molecular complexity index is 449. The highest BCUT2D eigenvalue weighted by Crippen LogP contribution is 2.42. The molecule has 0 radical (unpaired) electrons. The summed E-state index contributed by atoms with van der Waals surface area (Å²) in [6.07, 6.45) is 25.8. The second-order valence-electron chi connectivity index (χ2n) is 10.9. The predicted molar refractivity (Wildman–Crippen MR) is 122 cm³/mol. The monoisotopic (exact) mass is 404 g/mol. The van der Waals surface area contributed by atoms with Crippen LogP contribution in [-0.4, -0.2) is 12.1 Å². The van der Waals surface area contributed by atoms with Crippen molar-refractivity contribution >= 4 is 5.97 Å². The lowest BCUT2D eigenvalue weighted by molar-refractivity contribution is -0.148. The van der Waals surface area contributed by atoms with Crippen LogP contribution in [0.4, 0.5) is 0 Å². The summed E-state index contributed by atoms with van der Waals surface area (Å²) in [5.41, 5.74) is 0. The minimum absolute atomic E-state index is 0.0982. The van der Waals surface area contributed by atoms with E-state index in [4.69, 9.17) is 4.74 Å². The molecule has 0 spiro atoms. The van der Waals surface area contributed by atoms with E-state index in [9.17, 15) is 4.79 Å². The average Bonchev–Trinajstić information content (AvgIpc) is 2.74. The molecule has 0 amide bonds. The quantitative estimate of drug-likeness (QED) is 0.287. The van der Waals surface area contributed by atoms with E-state index in [0.717, 1.165) is 42.4 Å². The van der Waals surface area contributed by atoms with E-state index in [1.807, 2.05) is 0 Å². The normalized spacial score (nSPS) is 35.9. The van der Waals surface area contributed by atoms with Crippen LogP contribution in [0.3, 0.4) is 0 Å². The number of rotatable bonds is 9. The molecular formula is C27H48O2. The molecule has 0 aromatic rings. The van der Waals surface area contributed by atoms with Crippen LogP contribution >= 0.6 is 0 Å². The van der Waals surface area contributed by atoms with E-state index in [2.05, 4.69) is 6.92 Å². The van der Waals surface area contributed by atoms with Gasteiger partial charge in [0.15, 0.2) is 0 Å². The molecule has 3 saturated carbocycles. The van der Waals surface area contributed by atoms with E-state index in [-0.39, 0.29) is 12.1 Å². The number of esters is 1. The van der Waals surface area contributed by atoms with Crippen molar-refractivity contribution in [1.82, 2.24) is 0 Å². The summed E-state index contributed by atoms with van der Waals surface area (Å²) in [7, 11) is 0. The lowest BCUT2D eigenvalue weighted by Crippen LogP contribution is -2.29. The third-order valence-electron chi connectivity index (χ3n) is 8.77. The molecule has 2 nitrogen and oxygen atoms in total. The highest BCUT2D eigenvalue weighted by molar-refractivity contribution is 5.66. The first-order valence-electron chi connectivity index (χ1n) is 13.3. The first kappa shape index (κ1) is 23.1. The molecule has 0 saturated heterocycles. The number of hydrogen-bond donors (Lipinski definition) is 0. The van der Waals surface area contributed by atoms with Crippen molar-refractivity contribution in [1.29, 1.82) is 0 Å². The van der Waals surface area contributed by atoms with Crippen molar-refractivity contribution < 1.29 is 9.53 Å². The Kier molecular flexibility index (Phi) is 9.86. The van der Waals surface area contributed by atoms with E-state index in [1.54, 1.807) is 6.92 Å². The van der Waals surface area contributed by atoms with Crippen LogP contribution < -0.4 is 0 Å². The van der Waals surface area contributed by atoms with Crippen LogP contribution in [0.5, 0.6) is 0 Å². The zero-order valence-corrected chi connectivity index (χ0v) is 19.5. The molecule has 3 aliphatic carbocycles. The minimum atomic E-state index is -0.0982. The maximum Gasteiger partial charge on any atom is 0.302 e. The van der Waals surface area contributed by atoms with Crippen molar-refractivity contribution in [3.63, 3.8) is 0 Å². The van der Waals surface area contributed by atoms with Crippen LogP contribution in [-0.2, 0) is 9.53 Å². The second kappa shape index (κ2) is 12.4. The first-order valence-corrected chi connectivity index (χ1v) is 13.3. The molecule has 2 heteroatoms. The lowest BCUT2D eigenvalue weighted by atomic mass is 9.69. The van der Waals surface area contributed by atoms with Gasteiger partial charge in [0.2, 0.25) is 0 Å². The third kappa shape index (κ3) is 7.91. The molecule has 168 valence electrons. The van der Waals surface area contributed by atoms with Crippen LogP contribution in [0.2, 0.25) is 0 Å². The van der Waals surface area contributed by atoms with Gasteiger partial charge >= 0.3 is 5.97 Å². The fourth-order valence-corrected chi connectivity index (χ4v) is 6.82. The zero-order valence-electron chi connectivity index (χ0n) is 19.5. The van der Waals surface area contributed by atoms with Gasteiger partial charge in [0.05, 0.1) is 0 Å². The smallest absolute Gasteiger partial charge is 0.302 e. The third-order valence-corrected chi connectivity index (χ3v) is 8.77. The van der Waals surface area contributed by atoms with Gasteiger partial charge in [0.1, 0.15) is 6.10 Å². The van der Waals surface area contributed by atoms with Crippen LogP contribution in [0.1, 0.15) is 129 Å². The fraction of sp³-hybridized carbons (Fsp3) is 0.963. The minimum Gasteiger partial charge on any atom is -0.463 e. The maximum atomic E-state index is 11.2. The van der Waals surface area contributed by atoms with Crippen molar-refractivity contribution in [3.05, 3.63) is 0 Å². The Morgan fingerprint density at radius 1 is 0.655 bits per heavy atom. The molecule has 0 aliphatic heterocycles. The number of carbonyl (C=O) groups excluding carboxylic acids is 1. The van der Waals surface area contributed by atoms with Gasteiger partial charge in [-0.25, -0.2) is 0 Å². The predicted octanol–water partition coefficient (Wildman–Crippen LogP) is 8.08. The molecule has 0 N–H and O–H groups in total. The first-order chi connectivity index (χ1) is 14.1. The summed E-state index contributed by atoms with van der Waals surface area (Å²) in [4.78, 5) is 11.2. The summed E-state index contributed by atoms with van der Waals surface area (Å²) in [6, 6.07) is 0. The van der Waals surface area contributed by atoms with Gasteiger partial charge in [-0.15, -0.1) is 0 Å². The Hall–Kier alpha value is -0.530. The Morgan fingerprint density at radius 3 is 1.59 bits per heavy atom. The largest absolute Gasteiger partial charge is 0.463 e. The van der Waals surface area contributed by atoms with Gasteiger partial charge in [0, 0.05) is 6.92 Å². The van der Waals surface area contributed by atoms with Crippen LogP contribution in [0.25, 0.3) is 0 Å². The molecule has 3 aliphatic rings. The van der Waals surface area contributed by atoms with E-state index in [1.165, 1.54) is 103 Å². The van der Waals surface area contributed by atoms with E-state index < -0.39 is 0 Å². The second-order valence-corrected chi connectivity index (χ2v) is 10.9. The highest BCUT2D eigenvalue weighted by atomic mass is 16.5. The Morgan fingerprint density at radius 2 is 1.10 bits per heavy atom. The number of ether oxygens (including phenoxy) is 1. The molecule has 0 unspecified atom stereocenters. The Balaban J connectivity index is 1.25. The maximum absolute atomic E-state index is 11.2. The van der Waals surface area contributed by atoms with Crippen molar-refractivity contribution in [2.24, 2.45) is 29.6 Å². The molecule has 3 fully saturated rings. The Labute approximate surface area is 180 Å². The van der Waals surface area contributed by atoms with Gasteiger partial charge in [-0.3, -0.25) is 4.79 Å². The summed E-state index contributed by atoms with van der Waals surface area (Å²) in [5, 5.41) is 0. The van der Waals surface area contributed by atoms with Crippen LogP contribution in [0, 0.1) is 29.6 Å². The van der Waals surface area contributed by atoms with Crippen molar-refractivity contribution in [2.75, 3.05) is 0 Å². The molecule has 0 aromatic heterocycles. The molecule has 0 heterocycles. The SMILES string of the molecule is CCCCC[C@H]1CC[C@H](CCC2CCC(C3CCC(OC(C)=O)CC3)CC2)CC1. The molecule has 29 heavy (non-hydrogen) atoms. The van der Waals surface area contributed by atoms with E-state index >= 15 is 0 Å². The summed E-state index contributed by atoms with van der Waals surface area (Å²) in [6.45, 7) is 3.87. The van der Waals surface area contributed by atoms with Crippen molar-refractivity contribution in [3.8, 4) is 0 Å². The van der Waals surface area contributed by atoms with E-state index in [0.29, 0.717) is 0 Å². The molecule has 3 rings (SSSR count). The summed E-state index contributed by atoms with van der Waals surface area (Å²) in [5.74, 6) is 4.90. The van der Waals surface area contributed by atoms with Crippen molar-refractivity contribution in [2.45, 2.75) is 136 Å². The van der Waals surface area contributed by atoms with Gasteiger partial charge in [-0.2, -0.15) is 0 Å². The molecular weight excluding hydrogens is 356 g/mol. The van der Waals surface area contributed by atoms with Gasteiger partial charge in [-0.05, 0) is 68.1 Å². The number of carbonyl (C=O) groups is 1. The zero-order chi connectivity index (χ0) is 20.5. The van der Waals surface area contributed by atoms with Gasteiger partial charge in [0.25, 0.3) is 0 Å². The highest BCUT2D eigenvalue weighted by Gasteiger charge is 2.32. The van der Waals surface area contributed by atoms with Gasteiger partial charge < -0.3 is 4.74 Å². The molecule has 0 atom stereocenters. The summed E-state index contributed by atoms with van der Waals surface area (Å²) >= 11 is 0. The molecule has 0 aromatic carbocycles. The fourth-order valence-electron chi connectivity index (χ4n) is 6.82. The number of hydrogen-bond acceptors (Lipinski definition) is 2. The standard InChI is InChI=1S/C27H48O2/c1-3-4-5-6-22-7-9-23(10-8-22)11-12-24-13-15-25(16-14-24)26-17-19-27(20-18-26)29-21(2)28/h22-27H,3-20H2,1-2H3/t22-,23-,24?,25?,26?,27?. The summed E-state index contributed by atoms with van der Waals surface area (Å²) < 4.78 is 5.43. The van der Waals surface area contributed by atoms with Crippen LogP contribution in [0.15, 0.2) is 0 Å². The van der Waals surface area contributed by atoms with Gasteiger partial charge in [-0.1, -0.05) is 84.0 Å². The number of unbranched alkanes of at least 4 members (excludes halogenated alkanes) is 2.